The van der Waals surface area contributed by atoms with E-state index in [0.29, 0.717) is 41.7 Å². The summed E-state index contributed by atoms with van der Waals surface area (Å²) in [5, 5.41) is 11.9. The molecule has 3 aromatic heterocycles. The maximum absolute atomic E-state index is 12.0. The highest BCUT2D eigenvalue weighted by Crippen LogP contribution is 2.23. The fourth-order valence-electron chi connectivity index (χ4n) is 2.40. The molecule has 144 valence electrons. The number of aromatic nitrogens is 4. The predicted molar refractivity (Wildman–Crippen MR) is 106 cm³/mol. The first-order valence-corrected chi connectivity index (χ1v) is 10.2. The number of carbonyl (C=O) groups excluding carboxylic acids is 1. The van der Waals surface area contributed by atoms with Crippen LogP contribution in [0.15, 0.2) is 32.6 Å². The number of nitrogens with zero attached hydrogens (tertiary/aromatic N) is 4. The lowest BCUT2D eigenvalue weighted by Gasteiger charge is -2.09. The summed E-state index contributed by atoms with van der Waals surface area (Å²) in [6.07, 6.45) is 3.64. The molecule has 3 heterocycles. The van der Waals surface area contributed by atoms with Gasteiger partial charge in [-0.15, -0.1) is 0 Å². The predicted octanol–water partition coefficient (Wildman–Crippen LogP) is 2.39. The second-order valence-electron chi connectivity index (χ2n) is 5.44. The molecule has 0 aliphatic rings. The first-order valence-electron chi connectivity index (χ1n) is 8.16. The number of rotatable bonds is 9. The van der Waals surface area contributed by atoms with Crippen LogP contribution in [0.1, 0.15) is 10.6 Å². The Balaban J connectivity index is 1.71. The van der Waals surface area contributed by atoms with Gasteiger partial charge >= 0.3 is 0 Å². The molecule has 0 aromatic carbocycles. The number of hydrogen-bond donors (Lipinski definition) is 2. The Morgan fingerprint density at radius 2 is 2.22 bits per heavy atom. The topological polar surface area (TPSA) is 107 Å². The van der Waals surface area contributed by atoms with Gasteiger partial charge in [0.1, 0.15) is 5.82 Å². The normalized spacial score (nSPS) is 11.1. The van der Waals surface area contributed by atoms with Crippen molar-refractivity contribution in [1.29, 1.82) is 0 Å². The highest BCUT2D eigenvalue weighted by Gasteiger charge is 2.14. The standard InChI is InChI=1S/C16H19BrN6O3S/c1-25-8-6-18-13-10-9-20-23(14(10)22-16(21-13)27-2)7-5-19-15(24)11-3-4-12(17)26-11/h3-4,9H,5-8H2,1-2H3,(H,19,24)(H,18,21,22). The average Bonchev–Trinajstić information content (AvgIpc) is 3.28. The molecule has 0 spiro atoms. The smallest absolute Gasteiger partial charge is 0.287 e. The number of methoxy groups -OCH3 is 1. The van der Waals surface area contributed by atoms with Crippen LogP contribution in [-0.4, -0.2) is 58.7 Å². The Labute approximate surface area is 168 Å². The molecule has 0 saturated heterocycles. The van der Waals surface area contributed by atoms with Crippen molar-refractivity contribution < 1.29 is 13.9 Å². The summed E-state index contributed by atoms with van der Waals surface area (Å²) in [4.78, 5) is 21.1. The fourth-order valence-corrected chi connectivity index (χ4v) is 3.06. The number of thioether (sulfide) groups is 1. The largest absolute Gasteiger partial charge is 0.444 e. The lowest BCUT2D eigenvalue weighted by Crippen LogP contribution is -2.27. The fraction of sp³-hybridized carbons (Fsp3) is 0.375. The SMILES string of the molecule is COCCNc1nc(SC)nc2c1cnn2CCNC(=O)c1ccc(Br)o1. The minimum atomic E-state index is -0.279. The summed E-state index contributed by atoms with van der Waals surface area (Å²) in [5.41, 5.74) is 0.712. The zero-order valence-electron chi connectivity index (χ0n) is 14.9. The second kappa shape index (κ2) is 9.20. The number of ether oxygens (including phenoxy) is 1. The maximum Gasteiger partial charge on any atom is 0.287 e. The monoisotopic (exact) mass is 454 g/mol. The van der Waals surface area contributed by atoms with E-state index in [0.717, 1.165) is 11.2 Å². The van der Waals surface area contributed by atoms with E-state index >= 15 is 0 Å². The van der Waals surface area contributed by atoms with E-state index in [1.165, 1.54) is 11.8 Å². The highest BCUT2D eigenvalue weighted by atomic mass is 79.9. The second-order valence-corrected chi connectivity index (χ2v) is 7.00. The number of nitrogens with one attached hydrogen (secondary N) is 2. The minimum Gasteiger partial charge on any atom is -0.444 e. The quantitative estimate of drug-likeness (QED) is 0.288. The molecular formula is C16H19BrN6O3S. The molecular weight excluding hydrogens is 436 g/mol. The lowest BCUT2D eigenvalue weighted by molar-refractivity contribution is 0.0923. The molecule has 0 atom stereocenters. The molecule has 3 rings (SSSR count). The third kappa shape index (κ3) is 4.79. The number of carbonyl (C=O) groups is 1. The third-order valence-electron chi connectivity index (χ3n) is 3.66. The summed E-state index contributed by atoms with van der Waals surface area (Å²) in [6, 6.07) is 3.29. The van der Waals surface area contributed by atoms with Crippen LogP contribution >= 0.6 is 27.7 Å². The van der Waals surface area contributed by atoms with Crippen molar-refractivity contribution in [1.82, 2.24) is 25.1 Å². The van der Waals surface area contributed by atoms with Crippen LogP contribution in [0.25, 0.3) is 11.0 Å². The molecule has 0 unspecified atom stereocenters. The molecule has 9 nitrogen and oxygen atoms in total. The van der Waals surface area contributed by atoms with Crippen LogP contribution in [-0.2, 0) is 11.3 Å². The van der Waals surface area contributed by atoms with E-state index in [2.05, 4.69) is 41.6 Å². The number of halogens is 1. The van der Waals surface area contributed by atoms with Crippen LogP contribution in [0.4, 0.5) is 5.82 Å². The van der Waals surface area contributed by atoms with Crippen LogP contribution in [0, 0.1) is 0 Å². The molecule has 11 heteroatoms. The van der Waals surface area contributed by atoms with Gasteiger partial charge in [-0.1, -0.05) is 11.8 Å². The van der Waals surface area contributed by atoms with Crippen molar-refractivity contribution in [2.75, 3.05) is 38.4 Å². The summed E-state index contributed by atoms with van der Waals surface area (Å²) >= 11 is 4.64. The summed E-state index contributed by atoms with van der Waals surface area (Å²) in [6.45, 7) is 2.07. The molecule has 0 bridgehead atoms. The zero-order chi connectivity index (χ0) is 19.2. The molecule has 0 saturated carbocycles. The van der Waals surface area contributed by atoms with Gasteiger partial charge in [0.05, 0.1) is 24.7 Å². The van der Waals surface area contributed by atoms with Gasteiger partial charge in [-0.3, -0.25) is 4.79 Å². The summed E-state index contributed by atoms with van der Waals surface area (Å²) < 4.78 is 12.6. The van der Waals surface area contributed by atoms with Gasteiger partial charge in [-0.2, -0.15) is 5.10 Å². The molecule has 0 radical (unpaired) electrons. The Morgan fingerprint density at radius 3 is 2.93 bits per heavy atom. The summed E-state index contributed by atoms with van der Waals surface area (Å²) in [5.74, 6) is 0.694. The van der Waals surface area contributed by atoms with Gasteiger partial charge in [-0.25, -0.2) is 14.6 Å². The van der Waals surface area contributed by atoms with Gasteiger partial charge < -0.3 is 19.8 Å². The van der Waals surface area contributed by atoms with Crippen LogP contribution < -0.4 is 10.6 Å². The van der Waals surface area contributed by atoms with Crippen molar-refractivity contribution in [3.8, 4) is 0 Å². The number of anilines is 1. The number of amides is 1. The Hall–Kier alpha value is -2.11. The van der Waals surface area contributed by atoms with Crippen molar-refractivity contribution in [3.05, 3.63) is 28.8 Å². The number of furan rings is 1. The Morgan fingerprint density at radius 1 is 1.37 bits per heavy atom. The van der Waals surface area contributed by atoms with Crippen LogP contribution in [0.2, 0.25) is 0 Å². The molecule has 1 amide bonds. The molecule has 27 heavy (non-hydrogen) atoms. The van der Waals surface area contributed by atoms with Gasteiger partial charge in [0.15, 0.2) is 21.2 Å². The van der Waals surface area contributed by atoms with Crippen LogP contribution in [0.5, 0.6) is 0 Å². The van der Waals surface area contributed by atoms with Crippen molar-refractivity contribution >= 4 is 50.5 Å². The van der Waals surface area contributed by atoms with Crippen molar-refractivity contribution in [2.24, 2.45) is 0 Å². The van der Waals surface area contributed by atoms with Crippen molar-refractivity contribution in [2.45, 2.75) is 11.7 Å². The number of hydrogen-bond acceptors (Lipinski definition) is 8. The first-order chi connectivity index (χ1) is 13.1. The summed E-state index contributed by atoms with van der Waals surface area (Å²) in [7, 11) is 1.65. The molecule has 2 N–H and O–H groups in total. The maximum atomic E-state index is 12.0. The van der Waals surface area contributed by atoms with E-state index in [9.17, 15) is 4.79 Å². The van der Waals surface area contributed by atoms with E-state index in [4.69, 9.17) is 9.15 Å². The van der Waals surface area contributed by atoms with E-state index in [1.54, 1.807) is 30.1 Å². The van der Waals surface area contributed by atoms with Gasteiger partial charge in [0, 0.05) is 20.2 Å². The van der Waals surface area contributed by atoms with E-state index in [-0.39, 0.29) is 11.7 Å². The first kappa shape index (κ1) is 19.6. The van der Waals surface area contributed by atoms with Crippen molar-refractivity contribution in [3.63, 3.8) is 0 Å². The molecule has 3 aromatic rings. The highest BCUT2D eigenvalue weighted by molar-refractivity contribution is 9.10. The van der Waals surface area contributed by atoms with Crippen LogP contribution in [0.3, 0.4) is 0 Å². The van der Waals surface area contributed by atoms with E-state index < -0.39 is 0 Å². The average molecular weight is 455 g/mol. The van der Waals surface area contributed by atoms with Gasteiger partial charge in [0.25, 0.3) is 5.91 Å². The molecule has 0 fully saturated rings. The lowest BCUT2D eigenvalue weighted by atomic mass is 10.4. The van der Waals surface area contributed by atoms with Gasteiger partial charge in [0.2, 0.25) is 0 Å². The van der Waals surface area contributed by atoms with E-state index in [1.807, 2.05) is 6.26 Å². The Kier molecular flexibility index (Phi) is 6.69. The van der Waals surface area contributed by atoms with Gasteiger partial charge in [-0.05, 0) is 34.3 Å². The minimum absolute atomic E-state index is 0.254. The zero-order valence-corrected chi connectivity index (χ0v) is 17.3. The molecule has 0 aliphatic heterocycles. The number of fused-ring (bicyclic) bond motifs is 1. The molecule has 0 aliphatic carbocycles. The Bertz CT molecular complexity index is 928. The third-order valence-corrected chi connectivity index (χ3v) is 4.64.